The molecule has 7 heteroatoms. The Kier molecular flexibility index (Phi) is 6.31. The molecule has 0 atom stereocenters. The first-order valence-corrected chi connectivity index (χ1v) is 10.2. The van der Waals surface area contributed by atoms with Gasteiger partial charge in [-0.2, -0.15) is 0 Å². The van der Waals surface area contributed by atoms with Gasteiger partial charge in [0.05, 0.1) is 12.1 Å². The molecule has 1 aromatic heterocycles. The van der Waals surface area contributed by atoms with Crippen LogP contribution in [-0.4, -0.2) is 16.9 Å². The number of furan rings is 1. The molecule has 3 rings (SSSR count). The summed E-state index contributed by atoms with van der Waals surface area (Å²) in [5, 5.41) is 15.6. The second kappa shape index (κ2) is 8.75. The van der Waals surface area contributed by atoms with Crippen molar-refractivity contribution in [2.75, 3.05) is 10.6 Å². The Morgan fingerprint density at radius 3 is 2.30 bits per heavy atom. The van der Waals surface area contributed by atoms with E-state index in [0.29, 0.717) is 16.0 Å². The van der Waals surface area contributed by atoms with Gasteiger partial charge < -0.3 is 20.2 Å². The lowest BCUT2D eigenvalue weighted by Gasteiger charge is -2.20. The number of carbonyl (C=O) groups is 2. The number of phenolic OH excluding ortho intramolecular Hbond substituents is 1. The summed E-state index contributed by atoms with van der Waals surface area (Å²) in [6, 6.07) is 15.4. The molecule has 0 saturated heterocycles. The van der Waals surface area contributed by atoms with Gasteiger partial charge in [-0.15, -0.1) is 0 Å². The SMILES string of the molecule is CC(C)(C)c1ccc(O)c(NC(=O)Cc2ccc(NC(=O)c3ccc(Br)o3)cc2)c1. The Labute approximate surface area is 183 Å². The Morgan fingerprint density at radius 2 is 1.70 bits per heavy atom. The molecule has 156 valence electrons. The lowest BCUT2D eigenvalue weighted by Crippen LogP contribution is -2.16. The zero-order chi connectivity index (χ0) is 21.9. The van der Waals surface area contributed by atoms with Crippen molar-refractivity contribution < 1.29 is 19.1 Å². The molecule has 1 heterocycles. The molecule has 30 heavy (non-hydrogen) atoms. The minimum absolute atomic E-state index is 0.0268. The molecule has 2 amide bonds. The third-order valence-corrected chi connectivity index (χ3v) is 4.94. The molecule has 0 bridgehead atoms. The van der Waals surface area contributed by atoms with Crippen molar-refractivity contribution in [3.8, 4) is 5.75 Å². The van der Waals surface area contributed by atoms with Crippen LogP contribution in [-0.2, 0) is 16.6 Å². The Bertz CT molecular complexity index is 1070. The fourth-order valence-corrected chi connectivity index (χ4v) is 3.12. The first kappa shape index (κ1) is 21.6. The van der Waals surface area contributed by atoms with Crippen LogP contribution in [0.25, 0.3) is 0 Å². The van der Waals surface area contributed by atoms with Gasteiger partial charge in [-0.25, -0.2) is 0 Å². The number of hydrogen-bond donors (Lipinski definition) is 3. The van der Waals surface area contributed by atoms with E-state index in [1.54, 1.807) is 48.5 Å². The first-order chi connectivity index (χ1) is 14.1. The van der Waals surface area contributed by atoms with Gasteiger partial charge in [-0.1, -0.05) is 39.0 Å². The van der Waals surface area contributed by atoms with Gasteiger partial charge in [0.1, 0.15) is 5.75 Å². The highest BCUT2D eigenvalue weighted by Gasteiger charge is 2.17. The minimum atomic E-state index is -0.361. The van der Waals surface area contributed by atoms with Crippen LogP contribution in [0, 0.1) is 0 Å². The van der Waals surface area contributed by atoms with Crippen molar-refractivity contribution in [3.63, 3.8) is 0 Å². The minimum Gasteiger partial charge on any atom is -0.506 e. The number of carbonyl (C=O) groups excluding carboxylic acids is 2. The Balaban J connectivity index is 1.62. The second-order valence-corrected chi connectivity index (χ2v) is 8.74. The number of phenols is 1. The van der Waals surface area contributed by atoms with Gasteiger partial charge in [0.15, 0.2) is 10.4 Å². The van der Waals surface area contributed by atoms with E-state index in [9.17, 15) is 14.7 Å². The second-order valence-electron chi connectivity index (χ2n) is 7.96. The maximum Gasteiger partial charge on any atom is 0.291 e. The monoisotopic (exact) mass is 470 g/mol. The first-order valence-electron chi connectivity index (χ1n) is 9.41. The maximum atomic E-state index is 12.4. The van der Waals surface area contributed by atoms with E-state index in [1.807, 2.05) is 6.07 Å². The lowest BCUT2D eigenvalue weighted by atomic mass is 9.87. The molecule has 0 spiro atoms. The summed E-state index contributed by atoms with van der Waals surface area (Å²) in [6.07, 6.45) is 0.137. The van der Waals surface area contributed by atoms with E-state index in [4.69, 9.17) is 4.42 Å². The van der Waals surface area contributed by atoms with Crippen molar-refractivity contribution in [2.24, 2.45) is 0 Å². The third kappa shape index (κ3) is 5.51. The van der Waals surface area contributed by atoms with Crippen LogP contribution < -0.4 is 10.6 Å². The van der Waals surface area contributed by atoms with Gasteiger partial charge in [-0.3, -0.25) is 9.59 Å². The smallest absolute Gasteiger partial charge is 0.291 e. The number of aromatic hydroxyl groups is 1. The molecule has 0 radical (unpaired) electrons. The van der Waals surface area contributed by atoms with Crippen molar-refractivity contribution in [2.45, 2.75) is 32.6 Å². The van der Waals surface area contributed by atoms with Crippen LogP contribution in [0.1, 0.15) is 42.5 Å². The average Bonchev–Trinajstić information content (AvgIpc) is 3.11. The number of anilines is 2. The summed E-state index contributed by atoms with van der Waals surface area (Å²) in [7, 11) is 0. The summed E-state index contributed by atoms with van der Waals surface area (Å²) in [6.45, 7) is 6.20. The third-order valence-electron chi connectivity index (χ3n) is 4.51. The number of hydrogen-bond acceptors (Lipinski definition) is 4. The van der Waals surface area contributed by atoms with Gasteiger partial charge in [-0.05, 0) is 68.9 Å². The molecule has 0 saturated carbocycles. The molecule has 2 aromatic carbocycles. The van der Waals surface area contributed by atoms with E-state index < -0.39 is 0 Å². The topological polar surface area (TPSA) is 91.6 Å². The summed E-state index contributed by atoms with van der Waals surface area (Å²) >= 11 is 3.16. The fourth-order valence-electron chi connectivity index (χ4n) is 2.82. The summed E-state index contributed by atoms with van der Waals surface area (Å²) in [5.74, 6) is -0.379. The highest BCUT2D eigenvalue weighted by molar-refractivity contribution is 9.10. The number of nitrogens with one attached hydrogen (secondary N) is 2. The molecule has 3 aromatic rings. The van der Waals surface area contributed by atoms with Crippen molar-refractivity contribution in [3.05, 3.63) is 76.2 Å². The molecular weight excluding hydrogens is 448 g/mol. The highest BCUT2D eigenvalue weighted by Crippen LogP contribution is 2.30. The van der Waals surface area contributed by atoms with E-state index in [0.717, 1.165) is 11.1 Å². The summed E-state index contributed by atoms with van der Waals surface area (Å²) in [4.78, 5) is 24.5. The largest absolute Gasteiger partial charge is 0.506 e. The number of amides is 2. The molecule has 3 N–H and O–H groups in total. The Morgan fingerprint density at radius 1 is 1.00 bits per heavy atom. The van der Waals surface area contributed by atoms with Crippen LogP contribution in [0.15, 0.2) is 63.7 Å². The van der Waals surface area contributed by atoms with Crippen LogP contribution in [0.5, 0.6) is 5.75 Å². The molecule has 0 unspecified atom stereocenters. The quantitative estimate of drug-likeness (QED) is 0.430. The molecule has 0 aliphatic carbocycles. The number of halogens is 1. The van der Waals surface area contributed by atoms with Crippen molar-refractivity contribution in [1.82, 2.24) is 0 Å². The van der Waals surface area contributed by atoms with Crippen molar-refractivity contribution in [1.29, 1.82) is 0 Å². The number of rotatable bonds is 5. The summed E-state index contributed by atoms with van der Waals surface area (Å²) in [5.41, 5.74) is 2.67. The van der Waals surface area contributed by atoms with Crippen LogP contribution >= 0.6 is 15.9 Å². The Hall–Kier alpha value is -3.06. The molecular formula is C23H23BrN2O4. The lowest BCUT2D eigenvalue weighted by molar-refractivity contribution is -0.115. The van der Waals surface area contributed by atoms with Crippen LogP contribution in [0.2, 0.25) is 0 Å². The highest BCUT2D eigenvalue weighted by atomic mass is 79.9. The predicted molar refractivity (Wildman–Crippen MR) is 120 cm³/mol. The van der Waals surface area contributed by atoms with Gasteiger partial charge >= 0.3 is 0 Å². The standard InChI is InChI=1S/C23H23BrN2O4/c1-23(2,3)15-6-9-18(27)17(13-15)26-21(28)12-14-4-7-16(8-5-14)25-22(29)19-10-11-20(24)30-19/h4-11,13,27H,12H2,1-3H3,(H,25,29)(H,26,28). The average molecular weight is 471 g/mol. The van der Waals surface area contributed by atoms with E-state index in [-0.39, 0.29) is 35.2 Å². The van der Waals surface area contributed by atoms with Gasteiger partial charge in [0.25, 0.3) is 5.91 Å². The van der Waals surface area contributed by atoms with Gasteiger partial charge in [0, 0.05) is 5.69 Å². The van der Waals surface area contributed by atoms with Crippen LogP contribution in [0.3, 0.4) is 0 Å². The van der Waals surface area contributed by atoms with E-state index >= 15 is 0 Å². The summed E-state index contributed by atoms with van der Waals surface area (Å²) < 4.78 is 5.70. The maximum absolute atomic E-state index is 12.4. The van der Waals surface area contributed by atoms with E-state index in [1.165, 1.54) is 0 Å². The molecule has 6 nitrogen and oxygen atoms in total. The fraction of sp³-hybridized carbons (Fsp3) is 0.217. The van der Waals surface area contributed by atoms with Crippen LogP contribution in [0.4, 0.5) is 11.4 Å². The number of benzene rings is 2. The molecule has 0 aliphatic rings. The normalized spacial score (nSPS) is 11.2. The predicted octanol–water partition coefficient (Wildman–Crippen LogP) is 5.48. The van der Waals surface area contributed by atoms with Gasteiger partial charge in [0.2, 0.25) is 5.91 Å². The molecule has 0 aliphatic heterocycles. The van der Waals surface area contributed by atoms with E-state index in [2.05, 4.69) is 47.3 Å². The molecule has 0 fully saturated rings. The zero-order valence-electron chi connectivity index (χ0n) is 17.0. The zero-order valence-corrected chi connectivity index (χ0v) is 18.5. The van der Waals surface area contributed by atoms with Crippen molar-refractivity contribution >= 4 is 39.1 Å².